The number of hydrogen-bond donors (Lipinski definition) is 1. The minimum absolute atomic E-state index is 0.0178. The lowest BCUT2D eigenvalue weighted by Crippen LogP contribution is -2.24. The standard InChI is InChI=1S/C10H15NO/c1-3-10(12)11-9-5-8(9)7-4-6(7)2/h3,6-9H,1,4-5H2,2H3,(H,11,12)/t6-,7-,8+,9-/m1/s1. The first-order chi connectivity index (χ1) is 5.72. The van der Waals surface area contributed by atoms with Crippen LogP contribution in [0.1, 0.15) is 19.8 Å². The van der Waals surface area contributed by atoms with Gasteiger partial charge in [-0.1, -0.05) is 13.5 Å². The third-order valence-corrected chi connectivity index (χ3v) is 3.07. The third kappa shape index (κ3) is 1.38. The van der Waals surface area contributed by atoms with Crippen molar-refractivity contribution in [1.29, 1.82) is 0 Å². The van der Waals surface area contributed by atoms with Crippen LogP contribution in [0.4, 0.5) is 0 Å². The van der Waals surface area contributed by atoms with Crippen molar-refractivity contribution in [2.45, 2.75) is 25.8 Å². The summed E-state index contributed by atoms with van der Waals surface area (Å²) in [5, 5.41) is 2.94. The first kappa shape index (κ1) is 7.84. The molecule has 0 unspecified atom stereocenters. The number of carbonyl (C=O) groups is 1. The average Bonchev–Trinajstić information content (AvgIpc) is 2.88. The summed E-state index contributed by atoms with van der Waals surface area (Å²) >= 11 is 0. The molecule has 2 nitrogen and oxygen atoms in total. The van der Waals surface area contributed by atoms with Crippen LogP contribution in [0.5, 0.6) is 0 Å². The lowest BCUT2D eigenvalue weighted by atomic mass is 10.2. The van der Waals surface area contributed by atoms with E-state index in [-0.39, 0.29) is 5.91 Å². The molecule has 0 saturated heterocycles. The van der Waals surface area contributed by atoms with Crippen molar-refractivity contribution in [3.63, 3.8) is 0 Å². The predicted molar refractivity (Wildman–Crippen MR) is 47.5 cm³/mol. The van der Waals surface area contributed by atoms with Gasteiger partial charge in [0.2, 0.25) is 5.91 Å². The SMILES string of the molecule is C=CC(=O)N[C@@H]1C[C@H]1[C@@H]1C[C@H]1C. The maximum atomic E-state index is 10.9. The molecular weight excluding hydrogens is 150 g/mol. The van der Waals surface area contributed by atoms with Crippen LogP contribution >= 0.6 is 0 Å². The lowest BCUT2D eigenvalue weighted by molar-refractivity contribution is -0.116. The molecule has 0 aliphatic heterocycles. The molecule has 2 saturated carbocycles. The van der Waals surface area contributed by atoms with Crippen LogP contribution in [0.3, 0.4) is 0 Å². The zero-order valence-corrected chi connectivity index (χ0v) is 7.42. The fourth-order valence-corrected chi connectivity index (χ4v) is 2.04. The minimum atomic E-state index is -0.0178. The van der Waals surface area contributed by atoms with Gasteiger partial charge in [-0.05, 0) is 36.7 Å². The summed E-state index contributed by atoms with van der Waals surface area (Å²) in [5.74, 6) is 2.57. The Kier molecular flexibility index (Phi) is 1.71. The Labute approximate surface area is 73.0 Å². The van der Waals surface area contributed by atoms with Crippen LogP contribution in [0, 0.1) is 17.8 Å². The van der Waals surface area contributed by atoms with Crippen molar-refractivity contribution < 1.29 is 4.79 Å². The largest absolute Gasteiger partial charge is 0.350 e. The molecule has 0 spiro atoms. The van der Waals surface area contributed by atoms with E-state index in [4.69, 9.17) is 0 Å². The summed E-state index contributed by atoms with van der Waals surface area (Å²) in [6, 6.07) is 0.463. The molecular formula is C10H15NO. The first-order valence-electron chi connectivity index (χ1n) is 4.65. The second kappa shape index (κ2) is 2.61. The Morgan fingerprint density at radius 1 is 1.50 bits per heavy atom. The van der Waals surface area contributed by atoms with Crippen LogP contribution in [-0.2, 0) is 4.79 Å². The van der Waals surface area contributed by atoms with Gasteiger partial charge in [0.1, 0.15) is 0 Å². The molecule has 0 radical (unpaired) electrons. The normalized spacial score (nSPS) is 43.4. The number of nitrogens with one attached hydrogen (secondary N) is 1. The quantitative estimate of drug-likeness (QED) is 0.628. The van der Waals surface area contributed by atoms with Crippen LogP contribution in [0.25, 0.3) is 0 Å². The molecule has 66 valence electrons. The van der Waals surface area contributed by atoms with E-state index >= 15 is 0 Å². The van der Waals surface area contributed by atoms with E-state index in [0.29, 0.717) is 6.04 Å². The monoisotopic (exact) mass is 165 g/mol. The number of hydrogen-bond acceptors (Lipinski definition) is 1. The van der Waals surface area contributed by atoms with Crippen molar-refractivity contribution in [3.8, 4) is 0 Å². The molecule has 0 aromatic carbocycles. The van der Waals surface area contributed by atoms with Gasteiger partial charge in [-0.25, -0.2) is 0 Å². The lowest BCUT2D eigenvalue weighted by Gasteiger charge is -1.98. The Bertz CT molecular complexity index is 224. The van der Waals surface area contributed by atoms with Gasteiger partial charge in [0.15, 0.2) is 0 Å². The van der Waals surface area contributed by atoms with Gasteiger partial charge in [0.25, 0.3) is 0 Å². The molecule has 0 heterocycles. The zero-order chi connectivity index (χ0) is 8.72. The molecule has 2 rings (SSSR count). The Hall–Kier alpha value is -0.790. The maximum absolute atomic E-state index is 10.9. The van der Waals surface area contributed by atoms with E-state index < -0.39 is 0 Å². The molecule has 2 heteroatoms. The average molecular weight is 165 g/mol. The van der Waals surface area contributed by atoms with Gasteiger partial charge < -0.3 is 5.32 Å². The molecule has 12 heavy (non-hydrogen) atoms. The number of carbonyl (C=O) groups excluding carboxylic acids is 1. The molecule has 0 aromatic heterocycles. The molecule has 1 N–H and O–H groups in total. The summed E-state index contributed by atoms with van der Waals surface area (Å²) < 4.78 is 0. The molecule has 4 atom stereocenters. The van der Waals surface area contributed by atoms with Crippen molar-refractivity contribution in [3.05, 3.63) is 12.7 Å². The Morgan fingerprint density at radius 2 is 2.17 bits per heavy atom. The highest BCUT2D eigenvalue weighted by molar-refractivity contribution is 5.87. The topological polar surface area (TPSA) is 29.1 Å². The predicted octanol–water partition coefficient (Wildman–Crippen LogP) is 1.33. The smallest absolute Gasteiger partial charge is 0.243 e. The van der Waals surface area contributed by atoms with Gasteiger partial charge in [-0.15, -0.1) is 0 Å². The Morgan fingerprint density at radius 3 is 2.67 bits per heavy atom. The van der Waals surface area contributed by atoms with E-state index in [1.54, 1.807) is 0 Å². The summed E-state index contributed by atoms with van der Waals surface area (Å²) in [6.45, 7) is 5.72. The number of rotatable bonds is 3. The van der Waals surface area contributed by atoms with Crippen LogP contribution in [0.15, 0.2) is 12.7 Å². The maximum Gasteiger partial charge on any atom is 0.243 e. The highest BCUT2D eigenvalue weighted by Crippen LogP contribution is 2.54. The van der Waals surface area contributed by atoms with Crippen molar-refractivity contribution >= 4 is 5.91 Å². The molecule has 0 aromatic rings. The van der Waals surface area contributed by atoms with Gasteiger partial charge in [0, 0.05) is 6.04 Å². The third-order valence-electron chi connectivity index (χ3n) is 3.07. The molecule has 1 amide bonds. The second-order valence-electron chi connectivity index (χ2n) is 4.10. The first-order valence-corrected chi connectivity index (χ1v) is 4.65. The highest BCUT2D eigenvalue weighted by Gasteiger charge is 2.51. The van der Waals surface area contributed by atoms with E-state index in [1.807, 2.05) is 0 Å². The van der Waals surface area contributed by atoms with Gasteiger partial charge in [-0.3, -0.25) is 4.79 Å². The summed E-state index contributed by atoms with van der Waals surface area (Å²) in [6.07, 6.45) is 3.91. The Balaban J connectivity index is 1.74. The van der Waals surface area contributed by atoms with E-state index in [9.17, 15) is 4.79 Å². The summed E-state index contributed by atoms with van der Waals surface area (Å²) in [5.41, 5.74) is 0. The van der Waals surface area contributed by atoms with E-state index in [1.165, 1.54) is 18.9 Å². The van der Waals surface area contributed by atoms with E-state index in [2.05, 4.69) is 18.8 Å². The summed E-state index contributed by atoms with van der Waals surface area (Å²) in [4.78, 5) is 10.9. The van der Waals surface area contributed by atoms with Crippen molar-refractivity contribution in [2.75, 3.05) is 0 Å². The molecule has 2 aliphatic carbocycles. The van der Waals surface area contributed by atoms with Crippen LogP contribution in [0.2, 0.25) is 0 Å². The van der Waals surface area contributed by atoms with Crippen molar-refractivity contribution in [2.24, 2.45) is 17.8 Å². The fourth-order valence-electron chi connectivity index (χ4n) is 2.04. The molecule has 2 aliphatic rings. The van der Waals surface area contributed by atoms with Gasteiger partial charge in [0.05, 0.1) is 0 Å². The fraction of sp³-hybridized carbons (Fsp3) is 0.700. The molecule has 2 fully saturated rings. The van der Waals surface area contributed by atoms with Crippen molar-refractivity contribution in [1.82, 2.24) is 5.32 Å². The number of amides is 1. The highest BCUT2D eigenvalue weighted by atomic mass is 16.1. The minimum Gasteiger partial charge on any atom is -0.350 e. The van der Waals surface area contributed by atoms with Gasteiger partial charge in [-0.2, -0.15) is 0 Å². The summed E-state index contributed by atoms with van der Waals surface area (Å²) in [7, 11) is 0. The second-order valence-corrected chi connectivity index (χ2v) is 4.10. The van der Waals surface area contributed by atoms with E-state index in [0.717, 1.165) is 17.8 Å². The molecule has 0 bridgehead atoms. The van der Waals surface area contributed by atoms with Crippen LogP contribution in [-0.4, -0.2) is 11.9 Å². The van der Waals surface area contributed by atoms with Gasteiger partial charge >= 0.3 is 0 Å². The zero-order valence-electron chi connectivity index (χ0n) is 7.42. The van der Waals surface area contributed by atoms with Crippen LogP contribution < -0.4 is 5.32 Å².